The molecule has 40 heavy (non-hydrogen) atoms. The summed E-state index contributed by atoms with van der Waals surface area (Å²) in [7, 11) is 7.44. The van der Waals surface area contributed by atoms with Crippen LogP contribution in [-0.4, -0.2) is 80.8 Å². The molecule has 3 heterocycles. The highest BCUT2D eigenvalue weighted by Crippen LogP contribution is 2.33. The monoisotopic (exact) mass is 546 g/mol. The number of hydrogen-bond donors (Lipinski definition) is 1. The van der Waals surface area contributed by atoms with Crippen LogP contribution in [0.5, 0.6) is 17.2 Å². The molecule has 1 amide bonds. The van der Waals surface area contributed by atoms with Gasteiger partial charge in [0, 0.05) is 45.5 Å². The lowest BCUT2D eigenvalue weighted by Crippen LogP contribution is -2.47. The Balaban J connectivity index is 1.43. The average Bonchev–Trinajstić information content (AvgIpc) is 3.33. The first-order chi connectivity index (χ1) is 19.3. The Morgan fingerprint density at radius 3 is 2.70 bits per heavy atom. The van der Waals surface area contributed by atoms with Gasteiger partial charge < -0.3 is 29.3 Å². The maximum atomic E-state index is 13.2. The van der Waals surface area contributed by atoms with Gasteiger partial charge in [-0.2, -0.15) is 4.98 Å². The van der Waals surface area contributed by atoms with Crippen LogP contribution in [0.1, 0.15) is 23.7 Å². The lowest BCUT2D eigenvalue weighted by molar-refractivity contribution is -0.123. The zero-order valence-corrected chi connectivity index (χ0v) is 23.9. The number of rotatable bonds is 4. The van der Waals surface area contributed by atoms with Crippen LogP contribution in [-0.2, 0) is 29.1 Å². The molecule has 3 aromatic rings. The van der Waals surface area contributed by atoms with E-state index in [2.05, 4.69) is 22.1 Å². The van der Waals surface area contributed by atoms with Gasteiger partial charge in [-0.15, -0.1) is 0 Å². The number of carbonyl (C=O) groups is 1. The minimum Gasteiger partial charge on any atom is -0.493 e. The molecular formula is C30H38N6O4. The average molecular weight is 547 g/mol. The fraction of sp³-hybridized carbons (Fsp3) is 0.433. The molecule has 0 spiro atoms. The highest BCUT2D eigenvalue weighted by Gasteiger charge is 2.36. The van der Waals surface area contributed by atoms with Crippen LogP contribution in [0.4, 0.5) is 11.8 Å². The number of aromatic nitrogens is 2. The van der Waals surface area contributed by atoms with Crippen molar-refractivity contribution >= 4 is 17.7 Å². The molecule has 0 saturated carbocycles. The van der Waals surface area contributed by atoms with Gasteiger partial charge in [0.15, 0.2) is 11.5 Å². The van der Waals surface area contributed by atoms with E-state index in [1.807, 2.05) is 79.5 Å². The maximum Gasteiger partial charge on any atom is 0.234 e. The number of fused-ring (bicyclic) bond motifs is 5. The molecule has 1 N–H and O–H groups in total. The third kappa shape index (κ3) is 6.46. The normalized spacial score (nSPS) is 19.9. The predicted molar refractivity (Wildman–Crippen MR) is 154 cm³/mol. The molecular weight excluding hydrogens is 508 g/mol. The van der Waals surface area contributed by atoms with Crippen LogP contribution in [0.25, 0.3) is 0 Å². The topological polar surface area (TPSA) is 92.3 Å². The molecule has 5 rings (SSSR count). The van der Waals surface area contributed by atoms with Gasteiger partial charge in [-0.1, -0.05) is 25.1 Å². The smallest absolute Gasteiger partial charge is 0.234 e. The van der Waals surface area contributed by atoms with Crippen molar-refractivity contribution in [2.45, 2.75) is 38.6 Å². The van der Waals surface area contributed by atoms with Crippen molar-refractivity contribution < 1.29 is 19.0 Å². The summed E-state index contributed by atoms with van der Waals surface area (Å²) in [5.74, 6) is 3.44. The van der Waals surface area contributed by atoms with E-state index in [4.69, 9.17) is 19.2 Å². The van der Waals surface area contributed by atoms with Gasteiger partial charge in [0.25, 0.3) is 0 Å². The number of amides is 1. The van der Waals surface area contributed by atoms with Gasteiger partial charge in [-0.05, 0) is 48.9 Å². The first-order valence-corrected chi connectivity index (χ1v) is 13.6. The van der Waals surface area contributed by atoms with E-state index in [9.17, 15) is 4.79 Å². The Bertz CT molecular complexity index is 1350. The predicted octanol–water partition coefficient (Wildman–Crippen LogP) is 3.24. The molecule has 10 nitrogen and oxygen atoms in total. The number of likely N-dealkylation sites (N-methyl/N-ethyl adjacent to an activating group) is 1. The van der Waals surface area contributed by atoms with Crippen molar-refractivity contribution in [1.29, 1.82) is 0 Å². The Kier molecular flexibility index (Phi) is 8.37. The first-order valence-electron chi connectivity index (χ1n) is 13.6. The molecule has 212 valence electrons. The number of nitrogens with one attached hydrogen (secondary N) is 1. The van der Waals surface area contributed by atoms with Crippen LogP contribution in [0.15, 0.2) is 48.5 Å². The van der Waals surface area contributed by atoms with Gasteiger partial charge in [-0.25, -0.2) is 4.98 Å². The van der Waals surface area contributed by atoms with E-state index in [1.165, 1.54) is 0 Å². The van der Waals surface area contributed by atoms with Crippen LogP contribution < -0.4 is 24.6 Å². The molecule has 1 fully saturated rings. The van der Waals surface area contributed by atoms with Gasteiger partial charge in [0.1, 0.15) is 11.6 Å². The van der Waals surface area contributed by atoms with Crippen molar-refractivity contribution in [1.82, 2.24) is 20.2 Å². The van der Waals surface area contributed by atoms with Crippen molar-refractivity contribution in [2.24, 2.45) is 0 Å². The van der Waals surface area contributed by atoms with Crippen molar-refractivity contribution in [3.8, 4) is 17.2 Å². The molecule has 2 aromatic carbocycles. The fourth-order valence-corrected chi connectivity index (χ4v) is 5.07. The molecule has 2 aliphatic rings. The van der Waals surface area contributed by atoms with Gasteiger partial charge in [0.2, 0.25) is 11.9 Å². The third-order valence-electron chi connectivity index (χ3n) is 7.14. The maximum absolute atomic E-state index is 13.2. The molecule has 10 heteroatoms. The number of ether oxygens (including phenoxy) is 3. The Morgan fingerprint density at radius 2 is 1.93 bits per heavy atom. The summed E-state index contributed by atoms with van der Waals surface area (Å²) in [6.07, 6.45) is 0.589. The molecule has 2 atom stereocenters. The number of nitrogens with zero attached hydrogens (tertiary/aromatic N) is 5. The SMILES string of the molecule is CCc1cc(N2C[C@@H]3NC(=O)CN(C)Cc4ccc(OC)c(c4)Oc4cccc(c4)CO[C@H]3C2)nc(N(C)C)n1. The van der Waals surface area contributed by atoms with Crippen LogP contribution in [0, 0.1) is 0 Å². The second-order valence-corrected chi connectivity index (χ2v) is 10.6. The van der Waals surface area contributed by atoms with Crippen LogP contribution in [0.2, 0.25) is 0 Å². The van der Waals surface area contributed by atoms with E-state index in [0.29, 0.717) is 49.4 Å². The van der Waals surface area contributed by atoms with Crippen LogP contribution in [0.3, 0.4) is 0 Å². The fourth-order valence-electron chi connectivity index (χ4n) is 5.07. The summed E-state index contributed by atoms with van der Waals surface area (Å²) in [4.78, 5) is 28.7. The first kappa shape index (κ1) is 27.7. The quantitative estimate of drug-likeness (QED) is 0.530. The van der Waals surface area contributed by atoms with Crippen molar-refractivity contribution in [3.05, 3.63) is 65.4 Å². The summed E-state index contributed by atoms with van der Waals surface area (Å²) in [5, 5.41) is 3.24. The number of benzene rings is 2. The molecule has 1 saturated heterocycles. The standard InChI is InChI=1S/C30H38N6O4/c1-6-22-14-28(33-30(31-22)34(2)3)36-16-24-27(17-36)39-19-21-8-7-9-23(12-21)40-26-13-20(10-11-25(26)38-5)15-35(4)18-29(37)32-24/h7-14,24,27H,6,15-19H2,1-5H3,(H,32,37)/t24-,27-/m0/s1. The lowest BCUT2D eigenvalue weighted by atomic mass is 10.1. The minimum absolute atomic E-state index is 0.0482. The van der Waals surface area contributed by atoms with Crippen LogP contribution >= 0.6 is 0 Å². The summed E-state index contributed by atoms with van der Waals surface area (Å²) < 4.78 is 18.2. The molecule has 2 aliphatic heterocycles. The molecule has 0 unspecified atom stereocenters. The zero-order valence-electron chi connectivity index (χ0n) is 23.9. The number of aryl methyl sites for hydroxylation is 1. The molecule has 0 radical (unpaired) electrons. The van der Waals surface area contributed by atoms with Gasteiger partial charge in [0.05, 0.1) is 32.4 Å². The lowest BCUT2D eigenvalue weighted by Gasteiger charge is -2.23. The highest BCUT2D eigenvalue weighted by molar-refractivity contribution is 5.78. The molecule has 0 aliphatic carbocycles. The van der Waals surface area contributed by atoms with Gasteiger partial charge in [-0.3, -0.25) is 9.69 Å². The van der Waals surface area contributed by atoms with E-state index in [1.54, 1.807) is 7.11 Å². The summed E-state index contributed by atoms with van der Waals surface area (Å²) in [5.41, 5.74) is 2.98. The highest BCUT2D eigenvalue weighted by atomic mass is 16.5. The largest absolute Gasteiger partial charge is 0.493 e. The molecule has 1 aromatic heterocycles. The minimum atomic E-state index is -0.220. The number of anilines is 2. The van der Waals surface area contributed by atoms with E-state index >= 15 is 0 Å². The number of hydrogen-bond acceptors (Lipinski definition) is 9. The van der Waals surface area contributed by atoms with E-state index in [-0.39, 0.29) is 24.6 Å². The van der Waals surface area contributed by atoms with Gasteiger partial charge >= 0.3 is 0 Å². The Labute approximate surface area is 235 Å². The van der Waals surface area contributed by atoms with E-state index in [0.717, 1.165) is 29.1 Å². The summed E-state index contributed by atoms with van der Waals surface area (Å²) in [6.45, 7) is 4.50. The number of carbonyl (C=O) groups excluding carboxylic acids is 1. The van der Waals surface area contributed by atoms with E-state index < -0.39 is 0 Å². The molecule has 4 bridgehead atoms. The number of methoxy groups -OCH3 is 1. The second kappa shape index (κ2) is 12.1. The second-order valence-electron chi connectivity index (χ2n) is 10.6. The van der Waals surface area contributed by atoms with Crippen molar-refractivity contribution in [3.63, 3.8) is 0 Å². The van der Waals surface area contributed by atoms with Crippen molar-refractivity contribution in [2.75, 3.05) is 57.7 Å². The summed E-state index contributed by atoms with van der Waals surface area (Å²) >= 11 is 0. The Hall–Kier alpha value is -3.89. The zero-order chi connectivity index (χ0) is 28.2. The summed E-state index contributed by atoms with van der Waals surface area (Å²) in [6, 6.07) is 15.6. The Morgan fingerprint density at radius 1 is 1.07 bits per heavy atom. The third-order valence-corrected chi connectivity index (χ3v) is 7.14.